The van der Waals surface area contributed by atoms with Crippen molar-refractivity contribution in [3.8, 4) is 5.75 Å². The van der Waals surface area contributed by atoms with Gasteiger partial charge in [0.2, 0.25) is 0 Å². The third-order valence-corrected chi connectivity index (χ3v) is 6.67. The molecular formula is C28H30N4O2. The highest BCUT2D eigenvalue weighted by molar-refractivity contribution is 6.05. The van der Waals surface area contributed by atoms with Crippen molar-refractivity contribution in [3.63, 3.8) is 0 Å². The lowest BCUT2D eigenvalue weighted by Crippen LogP contribution is -2.27. The molecule has 34 heavy (non-hydrogen) atoms. The minimum atomic E-state index is -0.148. The molecule has 0 bridgehead atoms. The summed E-state index contributed by atoms with van der Waals surface area (Å²) in [5.74, 6) is 1.46. The molecule has 1 saturated carbocycles. The summed E-state index contributed by atoms with van der Waals surface area (Å²) in [6, 6.07) is 18.0. The van der Waals surface area contributed by atoms with Crippen LogP contribution in [0.1, 0.15) is 47.9 Å². The van der Waals surface area contributed by atoms with E-state index in [4.69, 9.17) is 9.72 Å². The highest BCUT2D eigenvalue weighted by Gasteiger charge is 2.22. The van der Waals surface area contributed by atoms with Gasteiger partial charge in [0.05, 0.1) is 18.5 Å². The quantitative estimate of drug-likeness (QED) is 0.353. The summed E-state index contributed by atoms with van der Waals surface area (Å²) in [7, 11) is 1.77. The summed E-state index contributed by atoms with van der Waals surface area (Å²) in [5, 5.41) is 1.05. The van der Waals surface area contributed by atoms with Gasteiger partial charge in [-0.15, -0.1) is 0 Å². The molecule has 0 radical (unpaired) electrons. The zero-order chi connectivity index (χ0) is 23.5. The van der Waals surface area contributed by atoms with Gasteiger partial charge in [0.15, 0.2) is 0 Å². The van der Waals surface area contributed by atoms with Crippen LogP contribution in [0.15, 0.2) is 67.0 Å². The van der Waals surface area contributed by atoms with Crippen LogP contribution in [-0.4, -0.2) is 34.1 Å². The Balaban J connectivity index is 1.46. The van der Waals surface area contributed by atoms with E-state index >= 15 is 0 Å². The van der Waals surface area contributed by atoms with Gasteiger partial charge in [-0.2, -0.15) is 0 Å². The normalized spacial score (nSPS) is 13.6. The first-order chi connectivity index (χ1) is 16.6. The number of anilines is 1. The molecule has 0 spiro atoms. The van der Waals surface area contributed by atoms with Gasteiger partial charge >= 0.3 is 0 Å². The number of amides is 1. The van der Waals surface area contributed by atoms with Gasteiger partial charge in [0, 0.05) is 37.3 Å². The molecule has 0 atom stereocenters. The second-order valence-corrected chi connectivity index (χ2v) is 8.98. The summed E-state index contributed by atoms with van der Waals surface area (Å²) < 4.78 is 7.97. The molecule has 1 fully saturated rings. The van der Waals surface area contributed by atoms with Crippen LogP contribution in [0, 0.1) is 5.92 Å². The third-order valence-electron chi connectivity index (χ3n) is 6.67. The minimum absolute atomic E-state index is 0.148. The van der Waals surface area contributed by atoms with Crippen LogP contribution in [0.4, 0.5) is 5.69 Å². The topological polar surface area (TPSA) is 60.2 Å². The highest BCUT2D eigenvalue weighted by atomic mass is 16.5. The van der Waals surface area contributed by atoms with Crippen molar-refractivity contribution < 1.29 is 9.53 Å². The summed E-state index contributed by atoms with van der Waals surface area (Å²) in [6.45, 7) is 3.65. The third kappa shape index (κ3) is 4.53. The maximum atomic E-state index is 12.9. The molecule has 4 aromatic rings. The first-order valence-electron chi connectivity index (χ1n) is 12.0. The van der Waals surface area contributed by atoms with Crippen LogP contribution in [0.3, 0.4) is 0 Å². The number of carbonyl (C=O) groups is 1. The maximum absolute atomic E-state index is 12.9. The molecule has 1 aliphatic rings. The van der Waals surface area contributed by atoms with E-state index in [2.05, 4.69) is 33.8 Å². The molecule has 3 heterocycles. The molecule has 1 aromatic carbocycles. The standard InChI is InChI=1S/C28H30N4O2/c1-3-34-25-12-10-20(11-13-25)15-23-16-22-17-24(31(2)28(33)26-9-4-5-14-29-26)18-30-27(22)32(23)19-21-7-6-8-21/h4-5,9-14,16-18,21H,3,6-8,15,19H2,1-2H3. The van der Waals surface area contributed by atoms with E-state index in [0.717, 1.165) is 35.4 Å². The SMILES string of the molecule is CCOc1ccc(Cc2cc3cc(N(C)C(=O)c4ccccn4)cnc3n2CC2CCC2)cc1. The number of aromatic nitrogens is 3. The van der Waals surface area contributed by atoms with Crippen molar-refractivity contribution in [2.75, 3.05) is 18.6 Å². The van der Waals surface area contributed by atoms with E-state index in [1.807, 2.05) is 25.1 Å². The Morgan fingerprint density at radius 2 is 1.94 bits per heavy atom. The number of ether oxygens (including phenoxy) is 1. The van der Waals surface area contributed by atoms with Crippen molar-refractivity contribution in [3.05, 3.63) is 83.9 Å². The average Bonchev–Trinajstić information content (AvgIpc) is 3.18. The van der Waals surface area contributed by atoms with Gasteiger partial charge in [-0.25, -0.2) is 4.98 Å². The lowest BCUT2D eigenvalue weighted by Gasteiger charge is -2.27. The van der Waals surface area contributed by atoms with Crippen molar-refractivity contribution >= 4 is 22.6 Å². The van der Waals surface area contributed by atoms with Crippen LogP contribution in [0.5, 0.6) is 5.75 Å². The molecule has 174 valence electrons. The van der Waals surface area contributed by atoms with Crippen LogP contribution in [0.25, 0.3) is 11.0 Å². The summed E-state index contributed by atoms with van der Waals surface area (Å²) in [4.78, 5) is 23.5. The zero-order valence-electron chi connectivity index (χ0n) is 19.8. The molecule has 5 rings (SSSR count). The molecule has 0 aliphatic heterocycles. The zero-order valence-corrected chi connectivity index (χ0v) is 19.8. The van der Waals surface area contributed by atoms with Gasteiger partial charge < -0.3 is 14.2 Å². The number of hydrogen-bond donors (Lipinski definition) is 0. The Kier molecular flexibility index (Phi) is 6.30. The first-order valence-corrected chi connectivity index (χ1v) is 12.0. The van der Waals surface area contributed by atoms with E-state index in [9.17, 15) is 4.79 Å². The Morgan fingerprint density at radius 1 is 1.12 bits per heavy atom. The van der Waals surface area contributed by atoms with Gasteiger partial charge in [-0.05, 0) is 67.6 Å². The highest BCUT2D eigenvalue weighted by Crippen LogP contribution is 2.32. The summed E-state index contributed by atoms with van der Waals surface area (Å²) in [5.41, 5.74) is 4.65. The average molecular weight is 455 g/mol. The van der Waals surface area contributed by atoms with Crippen LogP contribution in [-0.2, 0) is 13.0 Å². The second-order valence-electron chi connectivity index (χ2n) is 8.98. The smallest absolute Gasteiger partial charge is 0.276 e. The number of fused-ring (bicyclic) bond motifs is 1. The van der Waals surface area contributed by atoms with E-state index in [-0.39, 0.29) is 5.91 Å². The molecule has 6 nitrogen and oxygen atoms in total. The fraction of sp³-hybridized carbons (Fsp3) is 0.321. The molecule has 0 saturated heterocycles. The number of pyridine rings is 2. The lowest BCUT2D eigenvalue weighted by molar-refractivity contribution is 0.0988. The molecule has 6 heteroatoms. The van der Waals surface area contributed by atoms with Gasteiger partial charge in [-0.1, -0.05) is 24.6 Å². The Morgan fingerprint density at radius 3 is 2.62 bits per heavy atom. The number of nitrogens with zero attached hydrogens (tertiary/aromatic N) is 4. The van der Waals surface area contributed by atoms with Crippen molar-refractivity contribution in [2.24, 2.45) is 5.92 Å². The van der Waals surface area contributed by atoms with Crippen LogP contribution >= 0.6 is 0 Å². The van der Waals surface area contributed by atoms with Crippen molar-refractivity contribution in [2.45, 2.75) is 39.2 Å². The molecule has 1 amide bonds. The monoisotopic (exact) mass is 454 g/mol. The summed E-state index contributed by atoms with van der Waals surface area (Å²) in [6.07, 6.45) is 8.13. The fourth-order valence-electron chi connectivity index (χ4n) is 4.51. The predicted octanol–water partition coefficient (Wildman–Crippen LogP) is 5.50. The molecule has 1 aliphatic carbocycles. The van der Waals surface area contributed by atoms with Crippen LogP contribution < -0.4 is 9.64 Å². The number of hydrogen-bond acceptors (Lipinski definition) is 4. The second kappa shape index (κ2) is 9.67. The Bertz CT molecular complexity index is 1280. The summed E-state index contributed by atoms with van der Waals surface area (Å²) >= 11 is 0. The van der Waals surface area contributed by atoms with Gasteiger partial charge in [0.25, 0.3) is 5.91 Å². The van der Waals surface area contributed by atoms with Crippen LogP contribution in [0.2, 0.25) is 0 Å². The van der Waals surface area contributed by atoms with E-state index in [1.54, 1.807) is 36.5 Å². The van der Waals surface area contributed by atoms with Gasteiger partial charge in [0.1, 0.15) is 17.1 Å². The molecule has 0 unspecified atom stereocenters. The molecule has 0 N–H and O–H groups in total. The van der Waals surface area contributed by atoms with Crippen molar-refractivity contribution in [1.29, 1.82) is 0 Å². The molecule has 3 aromatic heterocycles. The Hall–Kier alpha value is -3.67. The van der Waals surface area contributed by atoms with E-state index in [1.165, 1.54) is 30.5 Å². The van der Waals surface area contributed by atoms with Gasteiger partial charge in [-0.3, -0.25) is 9.78 Å². The lowest BCUT2D eigenvalue weighted by atomic mass is 9.85. The largest absolute Gasteiger partial charge is 0.494 e. The fourth-order valence-corrected chi connectivity index (χ4v) is 4.51. The Labute approximate surface area is 200 Å². The maximum Gasteiger partial charge on any atom is 0.276 e. The number of rotatable bonds is 8. The predicted molar refractivity (Wildman–Crippen MR) is 134 cm³/mol. The first kappa shape index (κ1) is 22.1. The number of carbonyl (C=O) groups excluding carboxylic acids is 1. The minimum Gasteiger partial charge on any atom is -0.494 e. The van der Waals surface area contributed by atoms with E-state index in [0.29, 0.717) is 18.2 Å². The number of benzene rings is 1. The van der Waals surface area contributed by atoms with Crippen molar-refractivity contribution in [1.82, 2.24) is 14.5 Å². The van der Waals surface area contributed by atoms with E-state index < -0.39 is 0 Å². The molecular weight excluding hydrogens is 424 g/mol.